The Labute approximate surface area is 251 Å². The molecule has 202 valence electrons. The van der Waals surface area contributed by atoms with E-state index in [1.165, 1.54) is 25.6 Å². The van der Waals surface area contributed by atoms with E-state index in [1.54, 1.807) is 11.3 Å². The van der Waals surface area contributed by atoms with Gasteiger partial charge in [-0.05, 0) is 43.3 Å². The number of benzene rings is 5. The Morgan fingerprint density at radius 1 is 0.651 bits per heavy atom. The van der Waals surface area contributed by atoms with Gasteiger partial charge in [0.05, 0.1) is 45.8 Å². The lowest BCUT2D eigenvalue weighted by Crippen LogP contribution is -2.05. The van der Waals surface area contributed by atoms with Crippen LogP contribution in [0.1, 0.15) is 13.3 Å². The zero-order valence-corrected chi connectivity index (χ0v) is 24.2. The first kappa shape index (κ1) is 25.1. The molecule has 0 atom stereocenters. The molecule has 0 spiro atoms. The van der Waals surface area contributed by atoms with Gasteiger partial charge in [-0.15, -0.1) is 11.3 Å². The monoisotopic (exact) mass is 568 g/mol. The lowest BCUT2D eigenvalue weighted by Gasteiger charge is -2.16. The highest BCUT2D eigenvalue weighted by Gasteiger charge is 2.22. The molecule has 0 unspecified atom stereocenters. The molecular weight excluding hydrogens is 545 g/mol. The molecule has 3 aromatic heterocycles. The van der Waals surface area contributed by atoms with Crippen molar-refractivity contribution < 1.29 is 0 Å². The van der Waals surface area contributed by atoms with Gasteiger partial charge in [0.2, 0.25) is 0 Å². The summed E-state index contributed by atoms with van der Waals surface area (Å²) >= 11 is 1.80. The summed E-state index contributed by atoms with van der Waals surface area (Å²) < 4.78 is 6.85. The third-order valence-corrected chi connectivity index (χ3v) is 9.66. The molecule has 0 aliphatic carbocycles. The highest BCUT2D eigenvalue weighted by molar-refractivity contribution is 7.26. The van der Waals surface area contributed by atoms with Crippen molar-refractivity contribution in [1.82, 2.24) is 9.13 Å². The minimum absolute atomic E-state index is 0.181. The Hall–Kier alpha value is -5.62. The van der Waals surface area contributed by atoms with E-state index < -0.39 is 0 Å². The lowest BCUT2D eigenvalue weighted by atomic mass is 10.1. The molecule has 5 aromatic carbocycles. The first-order valence-corrected chi connectivity index (χ1v) is 15.0. The largest absolute Gasteiger partial charge is 0.312 e. The summed E-state index contributed by atoms with van der Waals surface area (Å²) in [7, 11) is 0. The summed E-state index contributed by atoms with van der Waals surface area (Å²) in [6, 6.07) is 42.8. The number of thiophene rings is 1. The fourth-order valence-corrected chi connectivity index (χ4v) is 7.92. The summed E-state index contributed by atoms with van der Waals surface area (Å²) in [6.45, 7) is 2.01. The van der Waals surface area contributed by atoms with Crippen LogP contribution in [0.4, 0.5) is 0 Å². The topological polar surface area (TPSA) is 57.4 Å². The molecule has 3 heterocycles. The van der Waals surface area contributed by atoms with Gasteiger partial charge in [0.1, 0.15) is 6.07 Å². The predicted octanol–water partition coefficient (Wildman–Crippen LogP) is 10.5. The van der Waals surface area contributed by atoms with Crippen molar-refractivity contribution in [3.8, 4) is 12.1 Å². The van der Waals surface area contributed by atoms with Crippen molar-refractivity contribution in [3.63, 3.8) is 0 Å². The van der Waals surface area contributed by atoms with Gasteiger partial charge in [-0.3, -0.25) is 0 Å². The zero-order chi connectivity index (χ0) is 29.1. The SMILES string of the molecule is C/C(=C(C#N)\C(=C/CC#N)n1c2ccccc2c2c3sc4ccccc4c3ccc21)n1c2ccccc2c2ccccc21. The van der Waals surface area contributed by atoms with Crippen molar-refractivity contribution >= 4 is 86.5 Å². The molecule has 0 saturated carbocycles. The van der Waals surface area contributed by atoms with E-state index in [4.69, 9.17) is 0 Å². The van der Waals surface area contributed by atoms with Crippen LogP contribution in [-0.2, 0) is 0 Å². The molecule has 0 saturated heterocycles. The quantitative estimate of drug-likeness (QED) is 0.157. The molecule has 0 N–H and O–H groups in total. The lowest BCUT2D eigenvalue weighted by molar-refractivity contribution is 1.15. The normalized spacial score (nSPS) is 12.9. The van der Waals surface area contributed by atoms with Crippen LogP contribution in [0.5, 0.6) is 0 Å². The molecule has 0 aliphatic rings. The van der Waals surface area contributed by atoms with E-state index in [-0.39, 0.29) is 6.42 Å². The number of rotatable bonds is 4. The van der Waals surface area contributed by atoms with E-state index in [0.29, 0.717) is 5.57 Å². The molecule has 4 nitrogen and oxygen atoms in total. The molecule has 8 rings (SSSR count). The molecule has 0 radical (unpaired) electrons. The van der Waals surface area contributed by atoms with E-state index in [1.807, 2.05) is 31.2 Å². The van der Waals surface area contributed by atoms with Crippen LogP contribution in [0.2, 0.25) is 0 Å². The predicted molar refractivity (Wildman–Crippen MR) is 181 cm³/mol. The Morgan fingerprint density at radius 3 is 1.88 bits per heavy atom. The van der Waals surface area contributed by atoms with Crippen molar-refractivity contribution in [2.75, 3.05) is 0 Å². The second-order valence-corrected chi connectivity index (χ2v) is 11.7. The minimum Gasteiger partial charge on any atom is -0.312 e. The molecule has 0 bridgehead atoms. The van der Waals surface area contributed by atoms with Crippen molar-refractivity contribution in [2.45, 2.75) is 13.3 Å². The molecule has 0 aliphatic heterocycles. The van der Waals surface area contributed by atoms with E-state index in [2.05, 4.69) is 112 Å². The highest BCUT2D eigenvalue weighted by Crippen LogP contribution is 2.44. The Kier molecular flexibility index (Phi) is 5.69. The van der Waals surface area contributed by atoms with Gasteiger partial charge >= 0.3 is 0 Å². The number of para-hydroxylation sites is 3. The standard InChI is InChI=1S/C38H24N4S/c1-24(41-31-15-6-2-11-25(31)26-12-3-7-16-32(26)41)30(23-40)34(18-10-22-39)42-33-17-8-4-14-29(33)37-35(42)21-20-28-27-13-5-9-19-36(27)43-38(28)37/h2-9,11-21H,10H2,1H3/b30-24+,34-18+. The maximum Gasteiger partial charge on any atom is 0.103 e. The Morgan fingerprint density at radius 2 is 1.23 bits per heavy atom. The van der Waals surface area contributed by atoms with Crippen molar-refractivity contribution in [2.24, 2.45) is 0 Å². The fraction of sp³-hybridized carbons (Fsp3) is 0.0526. The van der Waals surface area contributed by atoms with Crippen LogP contribution in [0.25, 0.3) is 75.2 Å². The smallest absolute Gasteiger partial charge is 0.103 e. The number of aromatic nitrogens is 2. The van der Waals surface area contributed by atoms with Crippen molar-refractivity contribution in [3.05, 3.63) is 121 Å². The number of hydrogen-bond donors (Lipinski definition) is 0. The Bertz CT molecular complexity index is 2520. The van der Waals surface area contributed by atoms with Gasteiger partial charge in [-0.1, -0.05) is 78.9 Å². The number of hydrogen-bond acceptors (Lipinski definition) is 3. The summed E-state index contributed by atoms with van der Waals surface area (Å²) in [6.07, 6.45) is 2.08. The van der Waals surface area contributed by atoms with Crippen LogP contribution in [0.15, 0.2) is 121 Å². The summed E-state index contributed by atoms with van der Waals surface area (Å²) in [5.41, 5.74) is 6.18. The summed E-state index contributed by atoms with van der Waals surface area (Å²) in [5.74, 6) is 0. The third-order valence-electron chi connectivity index (χ3n) is 8.45. The van der Waals surface area contributed by atoms with E-state index in [0.717, 1.165) is 49.6 Å². The van der Waals surface area contributed by atoms with E-state index in [9.17, 15) is 10.5 Å². The molecule has 0 amide bonds. The summed E-state index contributed by atoms with van der Waals surface area (Å²) in [5, 5.41) is 27.6. The molecular formula is C38H24N4S. The first-order chi connectivity index (χ1) is 21.2. The molecule has 43 heavy (non-hydrogen) atoms. The van der Waals surface area contributed by atoms with Gasteiger partial charge in [0.15, 0.2) is 0 Å². The number of nitriles is 2. The van der Waals surface area contributed by atoms with Gasteiger partial charge in [0, 0.05) is 47.4 Å². The van der Waals surface area contributed by atoms with E-state index >= 15 is 0 Å². The Balaban J connectivity index is 1.49. The van der Waals surface area contributed by atoms with Gasteiger partial charge in [0.25, 0.3) is 0 Å². The van der Waals surface area contributed by atoms with Gasteiger partial charge in [-0.2, -0.15) is 10.5 Å². The number of allylic oxidation sites excluding steroid dienone is 4. The third kappa shape index (κ3) is 3.59. The van der Waals surface area contributed by atoms with Gasteiger partial charge in [-0.25, -0.2) is 0 Å². The zero-order valence-electron chi connectivity index (χ0n) is 23.4. The highest BCUT2D eigenvalue weighted by atomic mass is 32.1. The second kappa shape index (κ2) is 9.74. The first-order valence-electron chi connectivity index (χ1n) is 14.2. The number of nitrogens with zero attached hydrogens (tertiary/aromatic N) is 4. The van der Waals surface area contributed by atoms with Crippen LogP contribution < -0.4 is 0 Å². The van der Waals surface area contributed by atoms with Crippen LogP contribution >= 0.6 is 11.3 Å². The fourth-order valence-electron chi connectivity index (χ4n) is 6.66. The molecule has 5 heteroatoms. The van der Waals surface area contributed by atoms with Crippen LogP contribution in [0.3, 0.4) is 0 Å². The van der Waals surface area contributed by atoms with Crippen LogP contribution in [0, 0.1) is 22.7 Å². The number of fused-ring (bicyclic) bond motifs is 10. The van der Waals surface area contributed by atoms with Crippen LogP contribution in [-0.4, -0.2) is 9.13 Å². The van der Waals surface area contributed by atoms with Gasteiger partial charge < -0.3 is 9.13 Å². The minimum atomic E-state index is 0.181. The average molecular weight is 569 g/mol. The second-order valence-electron chi connectivity index (χ2n) is 10.7. The van der Waals surface area contributed by atoms with Crippen molar-refractivity contribution in [1.29, 1.82) is 10.5 Å². The average Bonchev–Trinajstić information content (AvgIpc) is 3.70. The summed E-state index contributed by atoms with van der Waals surface area (Å²) in [4.78, 5) is 0. The maximum atomic E-state index is 10.9. The maximum absolute atomic E-state index is 10.9. The molecule has 0 fully saturated rings. The molecule has 8 aromatic rings.